The monoisotopic (exact) mass is 245 g/mol. The lowest BCUT2D eigenvalue weighted by Gasteiger charge is -2.23. The van der Waals surface area contributed by atoms with Crippen molar-refractivity contribution >= 4 is 30.5 Å². The topological polar surface area (TPSA) is 61.8 Å². The van der Waals surface area contributed by atoms with Crippen LogP contribution in [0.15, 0.2) is 18.2 Å². The highest BCUT2D eigenvalue weighted by atomic mass is 35.5. The molecule has 1 unspecified atom stereocenters. The van der Waals surface area contributed by atoms with E-state index in [1.54, 1.807) is 0 Å². The molecule has 0 aliphatic carbocycles. The predicted molar refractivity (Wildman–Crippen MR) is 65.8 cm³/mol. The molecule has 1 aliphatic heterocycles. The second-order valence-electron chi connectivity index (χ2n) is 3.33. The van der Waals surface area contributed by atoms with Crippen LogP contribution in [0.5, 0.6) is 0 Å². The van der Waals surface area contributed by atoms with Crippen LogP contribution in [0.1, 0.15) is 11.1 Å². The third-order valence-electron chi connectivity index (χ3n) is 2.27. The predicted octanol–water partition coefficient (Wildman–Crippen LogP) is 1.70. The average Bonchev–Trinajstić information content (AvgIpc) is 2.16. The number of rotatable bonds is 0. The Morgan fingerprint density at radius 2 is 2.13 bits per heavy atom. The van der Waals surface area contributed by atoms with Crippen LogP contribution >= 0.6 is 24.8 Å². The summed E-state index contributed by atoms with van der Waals surface area (Å²) in [5, 5.41) is 11.9. The van der Waals surface area contributed by atoms with Crippen LogP contribution in [0.3, 0.4) is 0 Å². The first kappa shape index (κ1) is 14.1. The van der Waals surface area contributed by atoms with Gasteiger partial charge in [-0.3, -0.25) is 0 Å². The number of nitriles is 1. The molecule has 0 fully saturated rings. The van der Waals surface area contributed by atoms with Crippen molar-refractivity contribution in [2.75, 3.05) is 11.9 Å². The van der Waals surface area contributed by atoms with Crippen molar-refractivity contribution in [3.05, 3.63) is 29.3 Å². The van der Waals surface area contributed by atoms with E-state index < -0.39 is 0 Å². The normalized spacial score (nSPS) is 17.2. The molecule has 1 aromatic carbocycles. The maximum Gasteiger partial charge on any atom is 0.0991 e. The zero-order valence-corrected chi connectivity index (χ0v) is 9.70. The summed E-state index contributed by atoms with van der Waals surface area (Å²) in [4.78, 5) is 0. The SMILES string of the molecule is Cl.Cl.N#Cc1ccc2c(c1)CC(N)CN2. The Morgan fingerprint density at radius 3 is 2.80 bits per heavy atom. The van der Waals surface area contributed by atoms with Crippen LogP contribution in [-0.4, -0.2) is 12.6 Å². The van der Waals surface area contributed by atoms with Gasteiger partial charge in [0.2, 0.25) is 0 Å². The largest absolute Gasteiger partial charge is 0.383 e. The van der Waals surface area contributed by atoms with Crippen LogP contribution in [0.2, 0.25) is 0 Å². The summed E-state index contributed by atoms with van der Waals surface area (Å²) in [7, 11) is 0. The van der Waals surface area contributed by atoms with Crippen molar-refractivity contribution in [1.82, 2.24) is 0 Å². The first-order chi connectivity index (χ1) is 6.29. The van der Waals surface area contributed by atoms with Crippen LogP contribution in [0.25, 0.3) is 0 Å². The molecule has 1 heterocycles. The van der Waals surface area contributed by atoms with E-state index >= 15 is 0 Å². The van der Waals surface area contributed by atoms with Gasteiger partial charge in [-0.25, -0.2) is 0 Å². The molecule has 0 aromatic heterocycles. The third kappa shape index (κ3) is 3.00. The zero-order valence-electron chi connectivity index (χ0n) is 8.06. The molecule has 82 valence electrons. The molecule has 1 atom stereocenters. The highest BCUT2D eigenvalue weighted by Gasteiger charge is 2.14. The molecule has 3 N–H and O–H groups in total. The molecule has 0 radical (unpaired) electrons. The van der Waals surface area contributed by atoms with E-state index in [9.17, 15) is 0 Å². The van der Waals surface area contributed by atoms with Gasteiger partial charge in [0.05, 0.1) is 11.6 Å². The van der Waals surface area contributed by atoms with Crippen molar-refractivity contribution in [2.45, 2.75) is 12.5 Å². The van der Waals surface area contributed by atoms with Gasteiger partial charge in [0.15, 0.2) is 0 Å². The third-order valence-corrected chi connectivity index (χ3v) is 2.27. The number of halogens is 2. The van der Waals surface area contributed by atoms with Gasteiger partial charge >= 0.3 is 0 Å². The average molecular weight is 246 g/mol. The van der Waals surface area contributed by atoms with Gasteiger partial charge in [-0.1, -0.05) is 0 Å². The highest BCUT2D eigenvalue weighted by Crippen LogP contribution is 2.22. The van der Waals surface area contributed by atoms with Crippen LogP contribution in [0, 0.1) is 11.3 Å². The van der Waals surface area contributed by atoms with E-state index in [2.05, 4.69) is 11.4 Å². The molecule has 0 saturated heterocycles. The lowest BCUT2D eigenvalue weighted by Crippen LogP contribution is -2.35. The standard InChI is InChI=1S/C10H11N3.2ClH/c11-5-7-1-2-10-8(3-7)4-9(12)6-13-10;;/h1-3,9,13H,4,6,12H2;2*1H. The number of hydrogen-bond acceptors (Lipinski definition) is 3. The molecular weight excluding hydrogens is 233 g/mol. The fraction of sp³-hybridized carbons (Fsp3) is 0.300. The minimum atomic E-state index is 0. The van der Waals surface area contributed by atoms with Crippen molar-refractivity contribution < 1.29 is 0 Å². The van der Waals surface area contributed by atoms with Gasteiger partial charge in [-0.05, 0) is 30.2 Å². The minimum absolute atomic E-state index is 0. The molecule has 3 nitrogen and oxygen atoms in total. The van der Waals surface area contributed by atoms with E-state index in [1.807, 2.05) is 18.2 Å². The lowest BCUT2D eigenvalue weighted by atomic mass is 9.98. The van der Waals surface area contributed by atoms with Crippen LogP contribution in [-0.2, 0) is 6.42 Å². The summed E-state index contributed by atoms with van der Waals surface area (Å²) in [6.45, 7) is 0.818. The number of nitrogens with zero attached hydrogens (tertiary/aromatic N) is 1. The Hall–Kier alpha value is -0.950. The Labute approximate surface area is 101 Å². The summed E-state index contributed by atoms with van der Waals surface area (Å²) in [6, 6.07) is 7.96. The van der Waals surface area contributed by atoms with Gasteiger partial charge in [0.25, 0.3) is 0 Å². The number of nitrogens with two attached hydrogens (primary N) is 1. The molecule has 0 bridgehead atoms. The summed E-state index contributed by atoms with van der Waals surface area (Å²) < 4.78 is 0. The summed E-state index contributed by atoms with van der Waals surface area (Å²) in [5.41, 5.74) is 8.76. The van der Waals surface area contributed by atoms with Crippen molar-refractivity contribution in [2.24, 2.45) is 5.73 Å². The fourth-order valence-electron chi connectivity index (χ4n) is 1.60. The van der Waals surface area contributed by atoms with Gasteiger partial charge in [-0.15, -0.1) is 24.8 Å². The van der Waals surface area contributed by atoms with Crippen LogP contribution in [0.4, 0.5) is 5.69 Å². The first-order valence-electron chi connectivity index (χ1n) is 4.32. The number of anilines is 1. The second kappa shape index (κ2) is 5.82. The Kier molecular flexibility index (Phi) is 5.45. The van der Waals surface area contributed by atoms with Gasteiger partial charge in [0, 0.05) is 18.3 Å². The molecule has 0 spiro atoms. The van der Waals surface area contributed by atoms with Gasteiger partial charge in [-0.2, -0.15) is 5.26 Å². The van der Waals surface area contributed by atoms with Crippen LogP contribution < -0.4 is 11.1 Å². The number of nitrogens with one attached hydrogen (secondary N) is 1. The van der Waals surface area contributed by atoms with E-state index in [0.29, 0.717) is 5.56 Å². The van der Waals surface area contributed by atoms with E-state index in [4.69, 9.17) is 11.0 Å². The summed E-state index contributed by atoms with van der Waals surface area (Å²) in [5.74, 6) is 0. The van der Waals surface area contributed by atoms with Gasteiger partial charge in [0.1, 0.15) is 0 Å². The second-order valence-corrected chi connectivity index (χ2v) is 3.33. The first-order valence-corrected chi connectivity index (χ1v) is 4.32. The van der Waals surface area contributed by atoms with Crippen molar-refractivity contribution in [3.63, 3.8) is 0 Å². The number of benzene rings is 1. The summed E-state index contributed by atoms with van der Waals surface area (Å²) >= 11 is 0. The van der Waals surface area contributed by atoms with E-state index in [0.717, 1.165) is 24.2 Å². The minimum Gasteiger partial charge on any atom is -0.383 e. The molecule has 15 heavy (non-hydrogen) atoms. The Bertz CT molecular complexity index is 373. The zero-order chi connectivity index (χ0) is 9.26. The molecule has 5 heteroatoms. The highest BCUT2D eigenvalue weighted by molar-refractivity contribution is 5.85. The molecule has 0 amide bonds. The van der Waals surface area contributed by atoms with Crippen molar-refractivity contribution in [1.29, 1.82) is 5.26 Å². The molecular formula is C10H13Cl2N3. The van der Waals surface area contributed by atoms with E-state index in [-0.39, 0.29) is 30.9 Å². The lowest BCUT2D eigenvalue weighted by molar-refractivity contribution is 0.679. The van der Waals surface area contributed by atoms with Gasteiger partial charge < -0.3 is 11.1 Å². The number of hydrogen-bond donors (Lipinski definition) is 2. The number of fused-ring (bicyclic) bond motifs is 1. The Morgan fingerprint density at radius 1 is 1.40 bits per heavy atom. The van der Waals surface area contributed by atoms with Crippen molar-refractivity contribution in [3.8, 4) is 6.07 Å². The smallest absolute Gasteiger partial charge is 0.0991 e. The molecule has 2 rings (SSSR count). The molecule has 0 saturated carbocycles. The quantitative estimate of drug-likeness (QED) is 0.732. The molecule has 1 aromatic rings. The van der Waals surface area contributed by atoms with E-state index in [1.165, 1.54) is 0 Å². The summed E-state index contributed by atoms with van der Waals surface area (Å²) in [6.07, 6.45) is 0.859. The Balaban J connectivity index is 0.000000980. The maximum atomic E-state index is 8.70. The molecule has 1 aliphatic rings. The fourth-order valence-corrected chi connectivity index (χ4v) is 1.60. The maximum absolute atomic E-state index is 8.70.